The molecule has 1 atom stereocenters. The second-order valence-corrected chi connectivity index (χ2v) is 5.18. The van der Waals surface area contributed by atoms with Crippen molar-refractivity contribution in [3.05, 3.63) is 24.3 Å². The van der Waals surface area contributed by atoms with Gasteiger partial charge in [-0.3, -0.25) is 9.59 Å². The van der Waals surface area contributed by atoms with Gasteiger partial charge in [-0.25, -0.2) is 0 Å². The Morgan fingerprint density at radius 1 is 1.29 bits per heavy atom. The molecule has 0 aromatic heterocycles. The van der Waals surface area contributed by atoms with Crippen molar-refractivity contribution in [2.24, 2.45) is 0 Å². The zero-order valence-corrected chi connectivity index (χ0v) is 13.2. The van der Waals surface area contributed by atoms with E-state index in [9.17, 15) is 9.59 Å². The molecule has 0 aliphatic carbocycles. The van der Waals surface area contributed by atoms with Crippen LogP contribution in [-0.4, -0.2) is 23.9 Å². The van der Waals surface area contributed by atoms with Gasteiger partial charge in [0.05, 0.1) is 5.54 Å². The molecular formula is C15H22ClN3O2. The van der Waals surface area contributed by atoms with E-state index in [1.165, 1.54) is 6.92 Å². The summed E-state index contributed by atoms with van der Waals surface area (Å²) in [5, 5.41) is 8.95. The zero-order chi connectivity index (χ0) is 14.6. The fraction of sp³-hybridized carbons (Fsp3) is 0.467. The summed E-state index contributed by atoms with van der Waals surface area (Å²) < 4.78 is 0. The van der Waals surface area contributed by atoms with E-state index in [1.807, 2.05) is 19.1 Å². The van der Waals surface area contributed by atoms with E-state index in [1.54, 1.807) is 12.1 Å². The average molecular weight is 312 g/mol. The summed E-state index contributed by atoms with van der Waals surface area (Å²) in [6.45, 7) is 4.36. The molecule has 0 bridgehead atoms. The summed E-state index contributed by atoms with van der Waals surface area (Å²) in [6.07, 6.45) is 2.65. The van der Waals surface area contributed by atoms with Gasteiger partial charge in [0.15, 0.2) is 0 Å². The molecule has 116 valence electrons. The average Bonchev–Trinajstić information content (AvgIpc) is 2.88. The highest BCUT2D eigenvalue weighted by atomic mass is 35.5. The molecule has 1 aliphatic rings. The third kappa shape index (κ3) is 4.19. The van der Waals surface area contributed by atoms with Crippen LogP contribution in [0.1, 0.15) is 33.1 Å². The van der Waals surface area contributed by atoms with E-state index >= 15 is 0 Å². The lowest BCUT2D eigenvalue weighted by Gasteiger charge is -2.26. The highest BCUT2D eigenvalue weighted by molar-refractivity contribution is 5.99. The summed E-state index contributed by atoms with van der Waals surface area (Å²) in [5.74, 6) is -0.131. The lowest BCUT2D eigenvalue weighted by Crippen LogP contribution is -2.50. The lowest BCUT2D eigenvalue weighted by molar-refractivity contribution is -0.122. The molecule has 1 aromatic carbocycles. The Kier molecular flexibility index (Phi) is 6.18. The van der Waals surface area contributed by atoms with E-state index in [2.05, 4.69) is 16.0 Å². The van der Waals surface area contributed by atoms with Gasteiger partial charge in [-0.2, -0.15) is 0 Å². The standard InChI is InChI=1S/C15H21N3O2.ClH/c1-3-15(8-5-9-16-15)14(20)18-13-7-4-6-12(10-13)17-11(2)19;/h4,6-7,10,16H,3,5,8-9H2,1-2H3,(H,17,19)(H,18,20);1H. The molecule has 2 amide bonds. The van der Waals surface area contributed by atoms with Crippen molar-refractivity contribution >= 4 is 35.6 Å². The number of hydrogen-bond acceptors (Lipinski definition) is 3. The lowest BCUT2D eigenvalue weighted by atomic mass is 9.93. The summed E-state index contributed by atoms with van der Waals surface area (Å²) in [7, 11) is 0. The molecule has 0 saturated carbocycles. The minimum atomic E-state index is -0.454. The Balaban J connectivity index is 0.00000220. The first-order valence-corrected chi connectivity index (χ1v) is 7.00. The predicted octanol–water partition coefficient (Wildman–Crippen LogP) is 2.54. The SMILES string of the molecule is CCC1(C(=O)Nc2cccc(NC(C)=O)c2)CCCN1.Cl. The van der Waals surface area contributed by atoms with E-state index in [-0.39, 0.29) is 24.2 Å². The normalized spacial score (nSPS) is 20.5. The van der Waals surface area contributed by atoms with Crippen molar-refractivity contribution in [1.82, 2.24) is 5.32 Å². The maximum Gasteiger partial charge on any atom is 0.244 e. The molecule has 0 radical (unpaired) electrons. The van der Waals surface area contributed by atoms with Crippen LogP contribution in [0.4, 0.5) is 11.4 Å². The third-order valence-electron chi connectivity index (χ3n) is 3.72. The minimum Gasteiger partial charge on any atom is -0.326 e. The first kappa shape index (κ1) is 17.5. The molecule has 1 unspecified atom stereocenters. The van der Waals surface area contributed by atoms with Crippen LogP contribution in [0.25, 0.3) is 0 Å². The fourth-order valence-electron chi connectivity index (χ4n) is 2.59. The van der Waals surface area contributed by atoms with Gasteiger partial charge in [-0.1, -0.05) is 13.0 Å². The van der Waals surface area contributed by atoms with Gasteiger partial charge in [-0.05, 0) is 44.0 Å². The number of hydrogen-bond donors (Lipinski definition) is 3. The fourth-order valence-corrected chi connectivity index (χ4v) is 2.59. The van der Waals surface area contributed by atoms with Crippen LogP contribution in [0.2, 0.25) is 0 Å². The van der Waals surface area contributed by atoms with E-state index in [0.29, 0.717) is 11.4 Å². The van der Waals surface area contributed by atoms with Crippen molar-refractivity contribution < 1.29 is 9.59 Å². The maximum absolute atomic E-state index is 12.4. The number of carbonyl (C=O) groups is 2. The summed E-state index contributed by atoms with van der Waals surface area (Å²) in [4.78, 5) is 23.5. The molecule has 2 rings (SSSR count). The monoisotopic (exact) mass is 311 g/mol. The summed E-state index contributed by atoms with van der Waals surface area (Å²) in [6, 6.07) is 7.18. The van der Waals surface area contributed by atoms with Crippen molar-refractivity contribution in [2.45, 2.75) is 38.6 Å². The van der Waals surface area contributed by atoms with Gasteiger partial charge in [0.2, 0.25) is 11.8 Å². The molecular weight excluding hydrogens is 290 g/mol. The second-order valence-electron chi connectivity index (χ2n) is 5.18. The number of halogens is 1. The molecule has 0 spiro atoms. The number of nitrogens with one attached hydrogen (secondary N) is 3. The molecule has 1 heterocycles. The van der Waals surface area contributed by atoms with Gasteiger partial charge < -0.3 is 16.0 Å². The van der Waals surface area contributed by atoms with Crippen LogP contribution in [-0.2, 0) is 9.59 Å². The first-order valence-electron chi connectivity index (χ1n) is 7.00. The van der Waals surface area contributed by atoms with E-state index in [4.69, 9.17) is 0 Å². The molecule has 1 saturated heterocycles. The molecule has 3 N–H and O–H groups in total. The first-order chi connectivity index (χ1) is 9.55. The molecule has 1 aliphatic heterocycles. The molecule has 1 aromatic rings. The smallest absolute Gasteiger partial charge is 0.244 e. The molecule has 1 fully saturated rings. The van der Waals surface area contributed by atoms with Crippen molar-refractivity contribution in [1.29, 1.82) is 0 Å². The van der Waals surface area contributed by atoms with Gasteiger partial charge in [0, 0.05) is 18.3 Å². The number of carbonyl (C=O) groups excluding carboxylic acids is 2. The van der Waals surface area contributed by atoms with Crippen molar-refractivity contribution in [3.8, 4) is 0 Å². The highest BCUT2D eigenvalue weighted by Crippen LogP contribution is 2.25. The second kappa shape index (κ2) is 7.43. The van der Waals surface area contributed by atoms with Crippen molar-refractivity contribution in [3.63, 3.8) is 0 Å². The zero-order valence-electron chi connectivity index (χ0n) is 12.4. The number of rotatable bonds is 4. The van der Waals surface area contributed by atoms with Gasteiger partial charge >= 0.3 is 0 Å². The van der Waals surface area contributed by atoms with Crippen molar-refractivity contribution in [2.75, 3.05) is 17.2 Å². The van der Waals surface area contributed by atoms with Crippen LogP contribution >= 0.6 is 12.4 Å². The Morgan fingerprint density at radius 3 is 2.48 bits per heavy atom. The van der Waals surface area contributed by atoms with Crippen LogP contribution < -0.4 is 16.0 Å². The number of benzene rings is 1. The predicted molar refractivity (Wildman–Crippen MR) is 86.9 cm³/mol. The third-order valence-corrected chi connectivity index (χ3v) is 3.72. The number of amides is 2. The molecule has 5 nitrogen and oxygen atoms in total. The summed E-state index contributed by atoms with van der Waals surface area (Å²) in [5.41, 5.74) is 0.923. The van der Waals surface area contributed by atoms with Crippen LogP contribution in [0.15, 0.2) is 24.3 Å². The largest absolute Gasteiger partial charge is 0.326 e. The van der Waals surface area contributed by atoms with E-state index < -0.39 is 5.54 Å². The Hall–Kier alpha value is -1.59. The number of anilines is 2. The Bertz CT molecular complexity index is 513. The highest BCUT2D eigenvalue weighted by Gasteiger charge is 2.38. The molecule has 21 heavy (non-hydrogen) atoms. The minimum absolute atomic E-state index is 0. The van der Waals surface area contributed by atoms with Crippen LogP contribution in [0, 0.1) is 0 Å². The maximum atomic E-state index is 12.4. The van der Waals surface area contributed by atoms with E-state index in [0.717, 1.165) is 25.8 Å². The Labute approximate surface area is 131 Å². The van der Waals surface area contributed by atoms with Gasteiger partial charge in [0.25, 0.3) is 0 Å². The van der Waals surface area contributed by atoms with Gasteiger partial charge in [-0.15, -0.1) is 12.4 Å². The van der Waals surface area contributed by atoms with Gasteiger partial charge in [0.1, 0.15) is 0 Å². The quantitative estimate of drug-likeness (QED) is 0.800. The topological polar surface area (TPSA) is 70.2 Å². The Morgan fingerprint density at radius 2 is 1.95 bits per heavy atom. The summed E-state index contributed by atoms with van der Waals surface area (Å²) >= 11 is 0. The molecule has 6 heteroatoms. The van der Waals surface area contributed by atoms with Crippen LogP contribution in [0.3, 0.4) is 0 Å². The van der Waals surface area contributed by atoms with Crippen LogP contribution in [0.5, 0.6) is 0 Å².